The first-order chi connectivity index (χ1) is 14.5. The van der Waals surface area contributed by atoms with Crippen molar-refractivity contribution in [1.82, 2.24) is 20.4 Å². The Morgan fingerprint density at radius 1 is 1.37 bits per heavy atom. The monoisotopic (exact) mass is 434 g/mol. The number of carbonyl (C=O) groups excluding carboxylic acids is 3. The molecule has 2 aliphatic heterocycles. The fourth-order valence-corrected chi connectivity index (χ4v) is 5.69. The van der Waals surface area contributed by atoms with Crippen molar-refractivity contribution in [2.75, 3.05) is 39.4 Å². The Hall–Kier alpha value is -1.97. The van der Waals surface area contributed by atoms with Gasteiger partial charge < -0.3 is 15.4 Å². The average molecular weight is 435 g/mol. The standard InChI is InChI=1S/C21H30N4O4S/c1-15-5-2-3-7-21(15)19(27)25(20(28)23-21)14-18(26)22-13-16(17-6-4-12-30-17)24-8-10-29-11-9-24/h4,6,12,15-16H,2-3,5,7-11,13-14H2,1H3,(H,22,26)(H,23,28)/t15-,16-,21+/m1/s1. The highest BCUT2D eigenvalue weighted by atomic mass is 32.1. The van der Waals surface area contributed by atoms with Crippen LogP contribution < -0.4 is 10.6 Å². The maximum absolute atomic E-state index is 13.1. The minimum atomic E-state index is -0.830. The number of urea groups is 1. The number of ether oxygens (including phenoxy) is 1. The first kappa shape index (κ1) is 21.3. The van der Waals surface area contributed by atoms with Crippen molar-refractivity contribution in [1.29, 1.82) is 0 Å². The highest BCUT2D eigenvalue weighted by Crippen LogP contribution is 2.38. The van der Waals surface area contributed by atoms with Crippen molar-refractivity contribution >= 4 is 29.2 Å². The molecule has 3 fully saturated rings. The number of nitrogens with zero attached hydrogens (tertiary/aromatic N) is 2. The van der Waals surface area contributed by atoms with Gasteiger partial charge in [-0.25, -0.2) is 4.79 Å². The Bertz CT molecular complexity index is 780. The van der Waals surface area contributed by atoms with E-state index in [1.54, 1.807) is 11.3 Å². The maximum atomic E-state index is 13.1. The van der Waals surface area contributed by atoms with E-state index >= 15 is 0 Å². The quantitative estimate of drug-likeness (QED) is 0.666. The lowest BCUT2D eigenvalue weighted by Crippen LogP contribution is -2.54. The summed E-state index contributed by atoms with van der Waals surface area (Å²) in [7, 11) is 0. The number of carbonyl (C=O) groups is 3. The average Bonchev–Trinajstić information content (AvgIpc) is 3.35. The minimum Gasteiger partial charge on any atom is -0.379 e. The summed E-state index contributed by atoms with van der Waals surface area (Å²) in [5, 5.41) is 7.88. The van der Waals surface area contributed by atoms with Gasteiger partial charge in [0.1, 0.15) is 12.1 Å². The smallest absolute Gasteiger partial charge is 0.325 e. The van der Waals surface area contributed by atoms with Gasteiger partial charge in [0.2, 0.25) is 5.91 Å². The van der Waals surface area contributed by atoms with E-state index in [1.165, 1.54) is 4.88 Å². The topological polar surface area (TPSA) is 91.0 Å². The van der Waals surface area contributed by atoms with Crippen molar-refractivity contribution in [3.05, 3.63) is 22.4 Å². The molecule has 4 rings (SSSR count). The molecule has 9 heteroatoms. The van der Waals surface area contributed by atoms with E-state index in [4.69, 9.17) is 4.74 Å². The van der Waals surface area contributed by atoms with Crippen molar-refractivity contribution in [2.24, 2.45) is 5.92 Å². The molecule has 0 radical (unpaired) electrons. The van der Waals surface area contributed by atoms with Crippen LogP contribution in [0.5, 0.6) is 0 Å². The van der Waals surface area contributed by atoms with Crippen molar-refractivity contribution in [3.63, 3.8) is 0 Å². The summed E-state index contributed by atoms with van der Waals surface area (Å²) in [5.74, 6) is -0.480. The zero-order valence-electron chi connectivity index (χ0n) is 17.4. The summed E-state index contributed by atoms with van der Waals surface area (Å²) in [6, 6.07) is 3.69. The molecule has 2 N–H and O–H groups in total. The Labute approximate surface area is 180 Å². The van der Waals surface area contributed by atoms with Crippen LogP contribution in [0.2, 0.25) is 0 Å². The normalized spacial score (nSPS) is 28.6. The second-order valence-corrected chi connectivity index (χ2v) is 9.40. The van der Waals surface area contributed by atoms with Crippen LogP contribution in [0, 0.1) is 5.92 Å². The Morgan fingerprint density at radius 2 is 2.17 bits per heavy atom. The van der Waals surface area contributed by atoms with Gasteiger partial charge in [0.05, 0.1) is 19.3 Å². The maximum Gasteiger partial charge on any atom is 0.325 e. The number of hydrogen-bond donors (Lipinski definition) is 2. The summed E-state index contributed by atoms with van der Waals surface area (Å²) in [5.41, 5.74) is -0.830. The van der Waals surface area contributed by atoms with Crippen molar-refractivity contribution in [2.45, 2.75) is 44.2 Å². The van der Waals surface area contributed by atoms with E-state index in [1.807, 2.05) is 18.4 Å². The molecule has 1 aromatic rings. The van der Waals surface area contributed by atoms with Gasteiger partial charge in [-0.2, -0.15) is 0 Å². The molecule has 1 aromatic heterocycles. The largest absolute Gasteiger partial charge is 0.379 e. The molecule has 2 saturated heterocycles. The van der Waals surface area contributed by atoms with E-state index in [0.717, 1.165) is 37.3 Å². The van der Waals surface area contributed by atoms with Crippen LogP contribution in [0.3, 0.4) is 0 Å². The second-order valence-electron chi connectivity index (χ2n) is 8.42. The molecule has 3 atom stereocenters. The van der Waals surface area contributed by atoms with Gasteiger partial charge in [-0.05, 0) is 30.2 Å². The Balaban J connectivity index is 1.38. The molecule has 164 valence electrons. The van der Waals surface area contributed by atoms with Crippen LogP contribution in [-0.4, -0.2) is 72.6 Å². The number of nitrogens with one attached hydrogen (secondary N) is 2. The summed E-state index contributed by atoms with van der Waals surface area (Å²) in [6.45, 7) is 5.19. The molecule has 1 spiro atoms. The molecule has 4 amide bonds. The molecule has 1 saturated carbocycles. The lowest BCUT2D eigenvalue weighted by atomic mass is 9.73. The number of morpholine rings is 1. The first-order valence-electron chi connectivity index (χ1n) is 10.8. The summed E-state index contributed by atoms with van der Waals surface area (Å²) in [6.07, 6.45) is 3.54. The van der Waals surface area contributed by atoms with Crippen LogP contribution in [0.15, 0.2) is 17.5 Å². The van der Waals surface area contributed by atoms with E-state index in [2.05, 4.69) is 21.6 Å². The molecular formula is C21H30N4O4S. The number of amides is 4. The summed E-state index contributed by atoms with van der Waals surface area (Å²) < 4.78 is 5.45. The Kier molecular flexibility index (Phi) is 6.40. The summed E-state index contributed by atoms with van der Waals surface area (Å²) >= 11 is 1.66. The number of hydrogen-bond acceptors (Lipinski definition) is 6. The van der Waals surface area contributed by atoms with Crippen LogP contribution in [0.25, 0.3) is 0 Å². The van der Waals surface area contributed by atoms with Gasteiger partial charge >= 0.3 is 6.03 Å². The van der Waals surface area contributed by atoms with Crippen molar-refractivity contribution < 1.29 is 19.1 Å². The fourth-order valence-electron chi connectivity index (χ4n) is 4.83. The number of rotatable bonds is 6. The molecule has 8 nitrogen and oxygen atoms in total. The lowest BCUT2D eigenvalue weighted by molar-refractivity contribution is -0.137. The van der Waals surface area contributed by atoms with Crippen LogP contribution in [0.1, 0.15) is 43.5 Å². The van der Waals surface area contributed by atoms with E-state index < -0.39 is 11.6 Å². The van der Waals surface area contributed by atoms with Gasteiger partial charge in [0.25, 0.3) is 5.91 Å². The number of imide groups is 1. The second kappa shape index (κ2) is 9.03. The highest BCUT2D eigenvalue weighted by molar-refractivity contribution is 7.10. The van der Waals surface area contributed by atoms with Gasteiger partial charge in [0.15, 0.2) is 0 Å². The minimum absolute atomic E-state index is 0.0608. The molecule has 3 aliphatic rings. The molecule has 3 heterocycles. The first-order valence-corrected chi connectivity index (χ1v) is 11.7. The highest BCUT2D eigenvalue weighted by Gasteiger charge is 2.55. The van der Waals surface area contributed by atoms with Crippen molar-refractivity contribution in [3.8, 4) is 0 Å². The molecular weight excluding hydrogens is 404 g/mol. The van der Waals surface area contributed by atoms with Crippen LogP contribution in [-0.2, 0) is 14.3 Å². The molecule has 30 heavy (non-hydrogen) atoms. The van der Waals surface area contributed by atoms with Crippen LogP contribution >= 0.6 is 11.3 Å². The predicted molar refractivity (Wildman–Crippen MR) is 113 cm³/mol. The zero-order valence-corrected chi connectivity index (χ0v) is 18.2. The molecule has 1 aliphatic carbocycles. The van der Waals surface area contributed by atoms with Gasteiger partial charge in [-0.3, -0.25) is 19.4 Å². The SMILES string of the molecule is C[C@@H]1CCCC[C@]12NC(=O)N(CC(=O)NC[C@H](c1cccs1)N1CCOCC1)C2=O. The third-order valence-electron chi connectivity index (χ3n) is 6.65. The van der Waals surface area contributed by atoms with E-state index in [0.29, 0.717) is 26.2 Å². The van der Waals surface area contributed by atoms with Gasteiger partial charge in [-0.15, -0.1) is 11.3 Å². The van der Waals surface area contributed by atoms with Gasteiger partial charge in [0, 0.05) is 24.5 Å². The molecule has 0 bridgehead atoms. The van der Waals surface area contributed by atoms with Gasteiger partial charge in [-0.1, -0.05) is 25.8 Å². The molecule has 0 unspecified atom stereocenters. The van der Waals surface area contributed by atoms with E-state index in [-0.39, 0.29) is 30.3 Å². The summed E-state index contributed by atoms with van der Waals surface area (Å²) in [4.78, 5) is 42.8. The fraction of sp³-hybridized carbons (Fsp3) is 0.667. The molecule has 0 aromatic carbocycles. The third-order valence-corrected chi connectivity index (χ3v) is 7.63. The predicted octanol–water partition coefficient (Wildman–Crippen LogP) is 1.74. The zero-order chi connectivity index (χ0) is 21.1. The lowest BCUT2D eigenvalue weighted by Gasteiger charge is -2.36. The number of thiophene rings is 1. The third kappa shape index (κ3) is 4.10. The Morgan fingerprint density at radius 3 is 2.87 bits per heavy atom. The van der Waals surface area contributed by atoms with Crippen LogP contribution in [0.4, 0.5) is 4.79 Å². The van der Waals surface area contributed by atoms with E-state index in [9.17, 15) is 14.4 Å².